The van der Waals surface area contributed by atoms with Gasteiger partial charge in [0.2, 0.25) is 0 Å². The number of hydrogen-bond acceptors (Lipinski definition) is 4. The van der Waals surface area contributed by atoms with E-state index in [9.17, 15) is 4.79 Å². The second kappa shape index (κ2) is 5.09. The number of benzene rings is 1. The summed E-state index contributed by atoms with van der Waals surface area (Å²) >= 11 is 0. The Labute approximate surface area is 94.6 Å². The Morgan fingerprint density at radius 2 is 2.19 bits per heavy atom. The molecule has 0 radical (unpaired) electrons. The maximum absolute atomic E-state index is 11.2. The normalized spacial score (nSPS) is 16.3. The zero-order chi connectivity index (χ0) is 11.4. The summed E-state index contributed by atoms with van der Waals surface area (Å²) in [4.78, 5) is 11.2. The number of nitrogens with one attached hydrogen (secondary N) is 1. The molecule has 0 amide bonds. The highest BCUT2D eigenvalue weighted by Gasteiger charge is 2.15. The molecule has 1 saturated heterocycles. The first-order valence-corrected chi connectivity index (χ1v) is 5.34. The van der Waals surface area contributed by atoms with E-state index in [1.807, 2.05) is 18.2 Å². The fourth-order valence-electron chi connectivity index (χ4n) is 1.57. The molecule has 4 heteroatoms. The average Bonchev–Trinajstić information content (AvgIpc) is 2.79. The van der Waals surface area contributed by atoms with Crippen LogP contribution in [0.25, 0.3) is 0 Å². The molecule has 0 bridgehead atoms. The van der Waals surface area contributed by atoms with Crippen LogP contribution in [0.5, 0.6) is 0 Å². The van der Waals surface area contributed by atoms with Crippen molar-refractivity contribution >= 4 is 11.5 Å². The number of ether oxygens (including phenoxy) is 2. The smallest absolute Gasteiger partial charge is 0.174 e. The third-order valence-electron chi connectivity index (χ3n) is 2.43. The zero-order valence-electron chi connectivity index (χ0n) is 9.23. The van der Waals surface area contributed by atoms with Crippen LogP contribution in [0.2, 0.25) is 0 Å². The highest BCUT2D eigenvalue weighted by Crippen LogP contribution is 2.12. The van der Waals surface area contributed by atoms with Gasteiger partial charge in [-0.25, -0.2) is 0 Å². The maximum atomic E-state index is 11.2. The number of rotatable bonds is 4. The van der Waals surface area contributed by atoms with E-state index in [2.05, 4.69) is 5.32 Å². The van der Waals surface area contributed by atoms with Crippen molar-refractivity contribution < 1.29 is 14.3 Å². The molecule has 0 aliphatic carbocycles. The monoisotopic (exact) mass is 221 g/mol. The van der Waals surface area contributed by atoms with Gasteiger partial charge >= 0.3 is 0 Å². The predicted octanol–water partition coefficient (Wildman–Crippen LogP) is 1.67. The van der Waals surface area contributed by atoms with Crippen molar-refractivity contribution in [3.63, 3.8) is 0 Å². The number of carbonyl (C=O) groups excluding carboxylic acids is 1. The van der Waals surface area contributed by atoms with Crippen LogP contribution < -0.4 is 5.32 Å². The van der Waals surface area contributed by atoms with Crippen LogP contribution in [0, 0.1) is 0 Å². The molecule has 4 nitrogen and oxygen atoms in total. The van der Waals surface area contributed by atoms with E-state index in [0.29, 0.717) is 25.3 Å². The molecule has 0 aromatic heterocycles. The third-order valence-corrected chi connectivity index (χ3v) is 2.43. The number of carbonyl (C=O) groups is 1. The van der Waals surface area contributed by atoms with Gasteiger partial charge in [-0.15, -0.1) is 0 Å². The molecule has 1 heterocycles. The Morgan fingerprint density at radius 1 is 1.44 bits per heavy atom. The van der Waals surface area contributed by atoms with Crippen LogP contribution in [0.15, 0.2) is 24.3 Å². The third kappa shape index (κ3) is 2.81. The van der Waals surface area contributed by atoms with E-state index < -0.39 is 0 Å². The van der Waals surface area contributed by atoms with Crippen LogP contribution >= 0.6 is 0 Å². The molecule has 1 aliphatic rings. The fraction of sp³-hybridized carbons (Fsp3) is 0.417. The summed E-state index contributed by atoms with van der Waals surface area (Å²) in [6.45, 7) is 3.46. The lowest BCUT2D eigenvalue weighted by Gasteiger charge is -2.11. The first-order valence-electron chi connectivity index (χ1n) is 5.34. The Balaban J connectivity index is 1.93. The highest BCUT2D eigenvalue weighted by molar-refractivity contribution is 5.94. The first-order chi connectivity index (χ1) is 7.75. The molecule has 0 atom stereocenters. The van der Waals surface area contributed by atoms with Gasteiger partial charge in [0.1, 0.15) is 0 Å². The van der Waals surface area contributed by atoms with E-state index in [1.165, 1.54) is 0 Å². The van der Waals surface area contributed by atoms with Crippen LogP contribution in [0.1, 0.15) is 17.3 Å². The number of ketones is 1. The Bertz CT molecular complexity index is 372. The van der Waals surface area contributed by atoms with Gasteiger partial charge in [0.05, 0.1) is 19.8 Å². The van der Waals surface area contributed by atoms with Crippen LogP contribution in [-0.2, 0) is 9.47 Å². The molecule has 16 heavy (non-hydrogen) atoms. The van der Waals surface area contributed by atoms with Crippen molar-refractivity contribution in [3.05, 3.63) is 29.8 Å². The minimum atomic E-state index is -0.180. The van der Waals surface area contributed by atoms with Gasteiger partial charge in [-0.2, -0.15) is 0 Å². The van der Waals surface area contributed by atoms with Gasteiger partial charge < -0.3 is 14.8 Å². The van der Waals surface area contributed by atoms with Gasteiger partial charge in [-0.1, -0.05) is 12.1 Å². The minimum Gasteiger partial charge on any atom is -0.380 e. The highest BCUT2D eigenvalue weighted by atomic mass is 16.7. The second-order valence-corrected chi connectivity index (χ2v) is 3.69. The first kappa shape index (κ1) is 11.1. The van der Waals surface area contributed by atoms with E-state index in [-0.39, 0.29) is 12.1 Å². The van der Waals surface area contributed by atoms with E-state index >= 15 is 0 Å². The van der Waals surface area contributed by atoms with Gasteiger partial charge in [0, 0.05) is 11.3 Å². The predicted molar refractivity (Wildman–Crippen MR) is 60.6 cm³/mol. The molecule has 2 rings (SSSR count). The SMILES string of the molecule is CC(=O)c1cccc(NCC2OCCO2)c1. The van der Waals surface area contributed by atoms with E-state index in [4.69, 9.17) is 9.47 Å². The van der Waals surface area contributed by atoms with Crippen molar-refractivity contribution in [1.82, 2.24) is 0 Å². The maximum Gasteiger partial charge on any atom is 0.174 e. The molecule has 0 unspecified atom stereocenters. The molecule has 1 aromatic rings. The average molecular weight is 221 g/mol. The van der Waals surface area contributed by atoms with Crippen molar-refractivity contribution in [2.24, 2.45) is 0 Å². The number of Topliss-reactive ketones (excluding diaryl/α,β-unsaturated/α-hetero) is 1. The topological polar surface area (TPSA) is 47.6 Å². The summed E-state index contributed by atoms with van der Waals surface area (Å²) in [5.41, 5.74) is 1.62. The summed E-state index contributed by atoms with van der Waals surface area (Å²) in [6.07, 6.45) is -0.180. The molecular formula is C12H15NO3. The van der Waals surface area contributed by atoms with E-state index in [0.717, 1.165) is 5.69 Å². The summed E-state index contributed by atoms with van der Waals surface area (Å²) in [7, 11) is 0. The summed E-state index contributed by atoms with van der Waals surface area (Å²) < 4.78 is 10.6. The van der Waals surface area contributed by atoms with Crippen molar-refractivity contribution in [1.29, 1.82) is 0 Å². The fourth-order valence-corrected chi connectivity index (χ4v) is 1.57. The quantitative estimate of drug-likeness (QED) is 0.786. The Morgan fingerprint density at radius 3 is 2.88 bits per heavy atom. The number of hydrogen-bond donors (Lipinski definition) is 1. The van der Waals surface area contributed by atoms with Crippen LogP contribution in [-0.4, -0.2) is 31.8 Å². The van der Waals surface area contributed by atoms with Gasteiger partial charge in [0.25, 0.3) is 0 Å². The van der Waals surface area contributed by atoms with Crippen molar-refractivity contribution in [3.8, 4) is 0 Å². The lowest BCUT2D eigenvalue weighted by Crippen LogP contribution is -2.20. The largest absolute Gasteiger partial charge is 0.380 e. The second-order valence-electron chi connectivity index (χ2n) is 3.69. The van der Waals surface area contributed by atoms with Gasteiger partial charge in [0.15, 0.2) is 12.1 Å². The van der Waals surface area contributed by atoms with Gasteiger partial charge in [-0.05, 0) is 19.1 Å². The summed E-state index contributed by atoms with van der Waals surface area (Å²) in [5, 5.41) is 3.18. The minimum absolute atomic E-state index is 0.0667. The molecular weight excluding hydrogens is 206 g/mol. The lowest BCUT2D eigenvalue weighted by molar-refractivity contribution is -0.0299. The standard InChI is InChI=1S/C12H15NO3/c1-9(14)10-3-2-4-11(7-10)13-8-12-15-5-6-16-12/h2-4,7,12-13H,5-6,8H2,1H3. The van der Waals surface area contributed by atoms with Crippen LogP contribution in [0.4, 0.5) is 5.69 Å². The number of anilines is 1. The summed E-state index contributed by atoms with van der Waals surface area (Å²) in [5.74, 6) is 0.0667. The summed E-state index contributed by atoms with van der Waals surface area (Å²) in [6, 6.07) is 7.41. The molecule has 0 spiro atoms. The molecule has 1 aromatic carbocycles. The molecule has 1 N–H and O–H groups in total. The van der Waals surface area contributed by atoms with Crippen molar-refractivity contribution in [2.75, 3.05) is 25.1 Å². The van der Waals surface area contributed by atoms with E-state index in [1.54, 1.807) is 13.0 Å². The molecule has 0 saturated carbocycles. The molecule has 1 fully saturated rings. The lowest BCUT2D eigenvalue weighted by atomic mass is 10.1. The Hall–Kier alpha value is -1.39. The van der Waals surface area contributed by atoms with Crippen LogP contribution in [0.3, 0.4) is 0 Å². The zero-order valence-corrected chi connectivity index (χ0v) is 9.23. The molecule has 1 aliphatic heterocycles. The molecule has 86 valence electrons. The Kier molecular flexibility index (Phi) is 3.54. The van der Waals surface area contributed by atoms with Gasteiger partial charge in [-0.3, -0.25) is 4.79 Å². The van der Waals surface area contributed by atoms with Crippen molar-refractivity contribution in [2.45, 2.75) is 13.2 Å².